The molecule has 160 valence electrons. The minimum Gasteiger partial charge on any atom is -0.376 e. The molecule has 9 heteroatoms. The Hall–Kier alpha value is -2.23. The number of nitrogens with zero attached hydrogens (tertiary/aromatic N) is 5. The summed E-state index contributed by atoms with van der Waals surface area (Å²) in [5.74, 6) is 1.57. The van der Waals surface area contributed by atoms with Crippen LogP contribution in [0.3, 0.4) is 0 Å². The highest BCUT2D eigenvalue weighted by molar-refractivity contribution is 7.19. The van der Waals surface area contributed by atoms with Crippen molar-refractivity contribution in [1.82, 2.24) is 24.6 Å². The maximum absolute atomic E-state index is 5.69. The van der Waals surface area contributed by atoms with Gasteiger partial charge < -0.3 is 20.3 Å². The van der Waals surface area contributed by atoms with E-state index in [1.807, 2.05) is 13.2 Å². The highest BCUT2D eigenvalue weighted by Gasteiger charge is 2.26. The number of ether oxygens (including phenoxy) is 1. The molecule has 1 fully saturated rings. The van der Waals surface area contributed by atoms with Crippen LogP contribution in [0.4, 0.5) is 17.5 Å². The van der Waals surface area contributed by atoms with Crippen LogP contribution in [0.25, 0.3) is 10.2 Å². The topological polar surface area (TPSA) is 80.1 Å². The van der Waals surface area contributed by atoms with E-state index in [1.165, 1.54) is 28.7 Å². The smallest absolute Gasteiger partial charge is 0.230 e. The number of hydrogen-bond donors (Lipinski definition) is 2. The summed E-state index contributed by atoms with van der Waals surface area (Å²) in [4.78, 5) is 14.4. The van der Waals surface area contributed by atoms with Gasteiger partial charge in [-0.25, -0.2) is 4.98 Å². The predicted molar refractivity (Wildman–Crippen MR) is 121 cm³/mol. The zero-order chi connectivity index (χ0) is 20.7. The van der Waals surface area contributed by atoms with Crippen LogP contribution >= 0.6 is 11.3 Å². The number of rotatable bonds is 5. The van der Waals surface area contributed by atoms with Gasteiger partial charge in [0.2, 0.25) is 5.95 Å². The molecule has 2 N–H and O–H groups in total. The van der Waals surface area contributed by atoms with Crippen molar-refractivity contribution in [3.63, 3.8) is 0 Å². The van der Waals surface area contributed by atoms with Gasteiger partial charge in [0, 0.05) is 30.2 Å². The van der Waals surface area contributed by atoms with Crippen molar-refractivity contribution in [1.29, 1.82) is 0 Å². The highest BCUT2D eigenvalue weighted by Crippen LogP contribution is 2.39. The molecule has 1 saturated carbocycles. The van der Waals surface area contributed by atoms with Gasteiger partial charge in [-0.2, -0.15) is 10.1 Å². The monoisotopic (exact) mass is 427 g/mol. The number of nitrogens with one attached hydrogen (secondary N) is 2. The molecule has 1 aliphatic carbocycles. The van der Waals surface area contributed by atoms with Gasteiger partial charge in [0.05, 0.1) is 30.5 Å². The second-order valence-corrected chi connectivity index (χ2v) is 9.61. The molecular formula is C21H29N7OS. The van der Waals surface area contributed by atoms with Crippen molar-refractivity contribution in [2.24, 2.45) is 7.05 Å². The summed E-state index contributed by atoms with van der Waals surface area (Å²) >= 11 is 1.73. The lowest BCUT2D eigenvalue weighted by Gasteiger charge is -2.33. The summed E-state index contributed by atoms with van der Waals surface area (Å²) in [6, 6.07) is 1.13. The number of thiophene rings is 1. The lowest BCUT2D eigenvalue weighted by atomic mass is 9.90. The van der Waals surface area contributed by atoms with Crippen LogP contribution in [0, 0.1) is 0 Å². The van der Waals surface area contributed by atoms with Crippen LogP contribution in [0.1, 0.15) is 36.1 Å². The van der Waals surface area contributed by atoms with E-state index < -0.39 is 0 Å². The number of aromatic nitrogens is 4. The Morgan fingerprint density at radius 3 is 2.77 bits per heavy atom. The fourth-order valence-corrected chi connectivity index (χ4v) is 5.69. The molecule has 3 aromatic heterocycles. The van der Waals surface area contributed by atoms with Crippen LogP contribution in [0.2, 0.25) is 0 Å². The van der Waals surface area contributed by atoms with E-state index in [-0.39, 0.29) is 0 Å². The summed E-state index contributed by atoms with van der Waals surface area (Å²) in [5.41, 5.74) is 2.25. The maximum Gasteiger partial charge on any atom is 0.230 e. The van der Waals surface area contributed by atoms with E-state index >= 15 is 0 Å². The zero-order valence-electron chi connectivity index (χ0n) is 17.8. The third kappa shape index (κ3) is 3.89. The molecule has 5 rings (SSSR count). The minimum absolute atomic E-state index is 0.445. The fraction of sp³-hybridized carbons (Fsp3) is 0.571. The Morgan fingerprint density at radius 2 is 2.03 bits per heavy atom. The standard InChI is InChI=1S/C21H29N7OS/c1-27(2)15-6-4-13(5-7-15)23-19-18-16-8-9-29-12-17(16)30-20(18)26-21(25-19)24-14-10-22-28(3)11-14/h10-11,13,15H,4-9,12H2,1-3H3,(H2,23,24,25,26). The SMILES string of the molecule is CN(C)C1CCC(Nc2nc(Nc3cnn(C)c3)nc3sc4c(c23)CCOC4)CC1. The number of fused-ring (bicyclic) bond motifs is 3. The highest BCUT2D eigenvalue weighted by atomic mass is 32.1. The Balaban J connectivity index is 1.47. The normalized spacial score (nSPS) is 21.7. The molecule has 0 amide bonds. The quantitative estimate of drug-likeness (QED) is 0.645. The molecule has 1 aliphatic heterocycles. The first-order chi connectivity index (χ1) is 14.6. The molecule has 0 spiro atoms. The average molecular weight is 428 g/mol. The Bertz CT molecular complexity index is 1040. The molecule has 8 nitrogen and oxygen atoms in total. The molecule has 0 radical (unpaired) electrons. The van der Waals surface area contributed by atoms with E-state index in [2.05, 4.69) is 34.7 Å². The number of hydrogen-bond acceptors (Lipinski definition) is 8. The second-order valence-electron chi connectivity index (χ2n) is 8.52. The van der Waals surface area contributed by atoms with E-state index in [0.717, 1.165) is 42.2 Å². The first kappa shape index (κ1) is 19.7. The maximum atomic E-state index is 5.69. The molecule has 0 unspecified atom stereocenters. The third-order valence-electron chi connectivity index (χ3n) is 6.19. The summed E-state index contributed by atoms with van der Waals surface area (Å²) in [6.07, 6.45) is 9.40. The van der Waals surface area contributed by atoms with Crippen LogP contribution in [0.5, 0.6) is 0 Å². The third-order valence-corrected chi connectivity index (χ3v) is 7.29. The second kappa shape index (κ2) is 8.13. The molecule has 0 saturated heterocycles. The predicted octanol–water partition coefficient (Wildman–Crippen LogP) is 3.53. The van der Waals surface area contributed by atoms with Crippen molar-refractivity contribution in [2.75, 3.05) is 31.3 Å². The lowest BCUT2D eigenvalue weighted by molar-refractivity contribution is 0.114. The van der Waals surface area contributed by atoms with E-state index in [1.54, 1.807) is 22.2 Å². The summed E-state index contributed by atoms with van der Waals surface area (Å²) in [7, 11) is 6.27. The number of aryl methyl sites for hydroxylation is 1. The van der Waals surface area contributed by atoms with Gasteiger partial charge in [-0.1, -0.05) is 0 Å². The fourth-order valence-electron chi connectivity index (χ4n) is 4.53. The minimum atomic E-state index is 0.445. The van der Waals surface area contributed by atoms with Crippen molar-refractivity contribution in [3.05, 3.63) is 22.8 Å². The largest absolute Gasteiger partial charge is 0.376 e. The van der Waals surface area contributed by atoms with Crippen molar-refractivity contribution < 1.29 is 4.74 Å². The van der Waals surface area contributed by atoms with Crippen LogP contribution in [-0.2, 0) is 24.8 Å². The number of anilines is 3. The van der Waals surface area contributed by atoms with Crippen molar-refractivity contribution >= 4 is 39.0 Å². The average Bonchev–Trinajstić information content (AvgIpc) is 3.31. The Kier molecular flexibility index (Phi) is 5.34. The van der Waals surface area contributed by atoms with Gasteiger partial charge in [0.15, 0.2) is 0 Å². The molecule has 2 aliphatic rings. The van der Waals surface area contributed by atoms with Gasteiger partial charge in [-0.15, -0.1) is 11.3 Å². The molecule has 0 atom stereocenters. The molecular weight excluding hydrogens is 398 g/mol. The van der Waals surface area contributed by atoms with Crippen LogP contribution in [-0.4, -0.2) is 57.4 Å². The van der Waals surface area contributed by atoms with Gasteiger partial charge in [-0.05, 0) is 51.8 Å². The van der Waals surface area contributed by atoms with Crippen LogP contribution in [0.15, 0.2) is 12.4 Å². The Labute approximate surface area is 180 Å². The molecule has 0 bridgehead atoms. The van der Waals surface area contributed by atoms with Crippen molar-refractivity contribution in [2.45, 2.75) is 50.8 Å². The van der Waals surface area contributed by atoms with Gasteiger partial charge >= 0.3 is 0 Å². The molecule has 0 aromatic carbocycles. The summed E-state index contributed by atoms with van der Waals surface area (Å²) < 4.78 is 7.46. The molecule has 4 heterocycles. The lowest BCUT2D eigenvalue weighted by Crippen LogP contribution is -2.36. The van der Waals surface area contributed by atoms with Gasteiger partial charge in [0.25, 0.3) is 0 Å². The summed E-state index contributed by atoms with van der Waals surface area (Å²) in [6.45, 7) is 1.44. The zero-order valence-corrected chi connectivity index (χ0v) is 18.6. The van der Waals surface area contributed by atoms with Gasteiger partial charge in [-0.3, -0.25) is 4.68 Å². The first-order valence-electron chi connectivity index (χ1n) is 10.7. The van der Waals surface area contributed by atoms with E-state index in [0.29, 0.717) is 24.6 Å². The van der Waals surface area contributed by atoms with Gasteiger partial charge in [0.1, 0.15) is 10.6 Å². The molecule has 30 heavy (non-hydrogen) atoms. The van der Waals surface area contributed by atoms with Crippen molar-refractivity contribution in [3.8, 4) is 0 Å². The van der Waals surface area contributed by atoms with Crippen LogP contribution < -0.4 is 10.6 Å². The van der Waals surface area contributed by atoms with E-state index in [9.17, 15) is 0 Å². The first-order valence-corrected chi connectivity index (χ1v) is 11.5. The van der Waals surface area contributed by atoms with E-state index in [4.69, 9.17) is 14.7 Å². The summed E-state index contributed by atoms with van der Waals surface area (Å²) in [5, 5.41) is 12.5. The molecule has 3 aromatic rings. The Morgan fingerprint density at radius 1 is 1.20 bits per heavy atom.